The maximum Gasteiger partial charge on any atom is 0.197 e. The molecule has 1 aliphatic rings. The van der Waals surface area contributed by atoms with Gasteiger partial charge in [-0.25, -0.2) is 0 Å². The third kappa shape index (κ3) is 3.05. The third-order valence-corrected chi connectivity index (χ3v) is 4.00. The fraction of sp³-hybridized carbons (Fsp3) is 0.750. The highest BCUT2D eigenvalue weighted by atomic mass is 32.1. The Bertz CT molecular complexity index is 377. The van der Waals surface area contributed by atoms with Crippen molar-refractivity contribution in [3.63, 3.8) is 0 Å². The minimum Gasteiger partial charge on any atom is -0.487 e. The molecular weight excluding hydrogens is 250 g/mol. The molecule has 5 nitrogen and oxygen atoms in total. The molecule has 1 saturated heterocycles. The fourth-order valence-electron chi connectivity index (χ4n) is 2.15. The van der Waals surface area contributed by atoms with Crippen LogP contribution in [0.3, 0.4) is 0 Å². The molecule has 0 bridgehead atoms. The fourth-order valence-corrected chi connectivity index (χ4v) is 2.88. The molecule has 0 amide bonds. The zero-order valence-corrected chi connectivity index (χ0v) is 11.8. The van der Waals surface area contributed by atoms with Crippen molar-refractivity contribution in [3.8, 4) is 5.75 Å². The molecule has 1 aromatic heterocycles. The first kappa shape index (κ1) is 13.4. The second-order valence-corrected chi connectivity index (χ2v) is 5.26. The van der Waals surface area contributed by atoms with Gasteiger partial charge in [0.15, 0.2) is 16.6 Å². The van der Waals surface area contributed by atoms with Crippen LogP contribution in [-0.4, -0.2) is 37.3 Å². The van der Waals surface area contributed by atoms with Crippen LogP contribution in [0.2, 0.25) is 0 Å². The molecule has 1 fully saturated rings. The van der Waals surface area contributed by atoms with E-state index in [1.807, 2.05) is 14.0 Å². The van der Waals surface area contributed by atoms with Crippen molar-refractivity contribution in [2.45, 2.75) is 32.3 Å². The lowest BCUT2D eigenvalue weighted by molar-refractivity contribution is 0.0216. The number of likely N-dealkylation sites (N-methyl/N-ethyl adjacent to an activating group) is 1. The number of anilines is 2. The average molecular weight is 271 g/mol. The highest BCUT2D eigenvalue weighted by molar-refractivity contribution is 7.11. The van der Waals surface area contributed by atoms with Crippen molar-refractivity contribution < 1.29 is 9.47 Å². The van der Waals surface area contributed by atoms with Crippen LogP contribution in [0.5, 0.6) is 5.75 Å². The van der Waals surface area contributed by atoms with Gasteiger partial charge in [-0.15, -0.1) is 0 Å². The number of nitrogens with two attached hydrogens (primary N) is 1. The first-order valence-corrected chi connectivity index (χ1v) is 7.20. The van der Waals surface area contributed by atoms with E-state index in [2.05, 4.69) is 9.27 Å². The van der Waals surface area contributed by atoms with Crippen LogP contribution >= 0.6 is 11.5 Å². The van der Waals surface area contributed by atoms with Gasteiger partial charge in [0.05, 0.1) is 12.7 Å². The van der Waals surface area contributed by atoms with Gasteiger partial charge < -0.3 is 20.1 Å². The maximum atomic E-state index is 5.81. The molecule has 2 N–H and O–H groups in total. The van der Waals surface area contributed by atoms with Crippen molar-refractivity contribution in [3.05, 3.63) is 0 Å². The van der Waals surface area contributed by atoms with E-state index in [4.69, 9.17) is 15.2 Å². The summed E-state index contributed by atoms with van der Waals surface area (Å²) in [5, 5.41) is 0.989. The molecule has 6 heteroatoms. The van der Waals surface area contributed by atoms with Crippen molar-refractivity contribution >= 4 is 22.4 Å². The minimum absolute atomic E-state index is 0.307. The Morgan fingerprint density at radius 2 is 2.39 bits per heavy atom. The SMILES string of the molecule is CCOc1c(N)nsc1N(C)CC1CCCCO1. The van der Waals surface area contributed by atoms with Gasteiger partial charge in [0.25, 0.3) is 0 Å². The number of nitrogen functional groups attached to an aromatic ring is 1. The number of nitrogens with zero attached hydrogens (tertiary/aromatic N) is 2. The van der Waals surface area contributed by atoms with Gasteiger partial charge >= 0.3 is 0 Å². The predicted octanol–water partition coefficient (Wildman–Crippen LogP) is 2.13. The molecule has 1 aromatic rings. The van der Waals surface area contributed by atoms with Crippen molar-refractivity contribution in [1.82, 2.24) is 4.37 Å². The molecule has 2 rings (SSSR count). The summed E-state index contributed by atoms with van der Waals surface area (Å²) in [5.41, 5.74) is 5.81. The van der Waals surface area contributed by atoms with Gasteiger partial charge in [-0.3, -0.25) is 0 Å². The summed E-state index contributed by atoms with van der Waals surface area (Å²) in [5.74, 6) is 1.19. The number of ether oxygens (including phenoxy) is 2. The number of aromatic nitrogens is 1. The number of hydrogen-bond donors (Lipinski definition) is 1. The van der Waals surface area contributed by atoms with E-state index in [1.54, 1.807) is 0 Å². The summed E-state index contributed by atoms with van der Waals surface area (Å²) in [6.45, 7) is 4.29. The lowest BCUT2D eigenvalue weighted by atomic mass is 10.1. The molecule has 0 saturated carbocycles. The molecule has 1 aliphatic heterocycles. The van der Waals surface area contributed by atoms with Crippen LogP contribution in [0.25, 0.3) is 0 Å². The Kier molecular flexibility index (Phi) is 4.66. The highest BCUT2D eigenvalue weighted by Gasteiger charge is 2.21. The van der Waals surface area contributed by atoms with Crippen LogP contribution in [0.1, 0.15) is 26.2 Å². The van der Waals surface area contributed by atoms with E-state index in [0.29, 0.717) is 24.3 Å². The summed E-state index contributed by atoms with van der Waals surface area (Å²) in [6.07, 6.45) is 3.86. The monoisotopic (exact) mass is 271 g/mol. The van der Waals surface area contributed by atoms with Gasteiger partial charge in [0, 0.05) is 20.2 Å². The van der Waals surface area contributed by atoms with Gasteiger partial charge in [0.1, 0.15) is 0 Å². The van der Waals surface area contributed by atoms with E-state index in [1.165, 1.54) is 24.4 Å². The minimum atomic E-state index is 0.307. The van der Waals surface area contributed by atoms with E-state index >= 15 is 0 Å². The molecule has 2 heterocycles. The molecule has 1 atom stereocenters. The number of rotatable bonds is 5. The van der Waals surface area contributed by atoms with Crippen LogP contribution < -0.4 is 15.4 Å². The Morgan fingerprint density at radius 1 is 1.56 bits per heavy atom. The average Bonchev–Trinajstić information content (AvgIpc) is 2.73. The zero-order chi connectivity index (χ0) is 13.0. The van der Waals surface area contributed by atoms with Crippen LogP contribution in [0, 0.1) is 0 Å². The van der Waals surface area contributed by atoms with Gasteiger partial charge in [-0.1, -0.05) is 0 Å². The summed E-state index contributed by atoms with van der Waals surface area (Å²) in [7, 11) is 2.04. The van der Waals surface area contributed by atoms with Crippen LogP contribution in [-0.2, 0) is 4.74 Å². The summed E-state index contributed by atoms with van der Waals surface area (Å²) >= 11 is 1.38. The molecule has 18 heavy (non-hydrogen) atoms. The summed E-state index contributed by atoms with van der Waals surface area (Å²) in [4.78, 5) is 2.13. The Hall–Kier alpha value is -1.01. The standard InChI is InChI=1S/C12H21N3O2S/c1-3-16-10-11(13)14-18-12(10)15(2)8-9-6-4-5-7-17-9/h9H,3-8H2,1-2H3,(H2,13,14). The Balaban J connectivity index is 2.01. The van der Waals surface area contributed by atoms with Gasteiger partial charge in [-0.2, -0.15) is 4.37 Å². The molecular formula is C12H21N3O2S. The van der Waals surface area contributed by atoms with Crippen molar-refractivity contribution in [2.75, 3.05) is 37.4 Å². The maximum absolute atomic E-state index is 5.81. The Morgan fingerprint density at radius 3 is 3.06 bits per heavy atom. The van der Waals surface area contributed by atoms with E-state index in [0.717, 1.165) is 24.6 Å². The van der Waals surface area contributed by atoms with Crippen molar-refractivity contribution in [2.24, 2.45) is 0 Å². The first-order chi connectivity index (χ1) is 8.72. The first-order valence-electron chi connectivity index (χ1n) is 6.43. The van der Waals surface area contributed by atoms with E-state index < -0.39 is 0 Å². The molecule has 0 radical (unpaired) electrons. The van der Waals surface area contributed by atoms with Gasteiger partial charge in [0.2, 0.25) is 0 Å². The molecule has 1 unspecified atom stereocenters. The lowest BCUT2D eigenvalue weighted by Crippen LogP contribution is -2.33. The normalized spacial score (nSPS) is 19.8. The van der Waals surface area contributed by atoms with Crippen LogP contribution in [0.15, 0.2) is 0 Å². The highest BCUT2D eigenvalue weighted by Crippen LogP contribution is 2.37. The van der Waals surface area contributed by atoms with E-state index in [9.17, 15) is 0 Å². The second-order valence-electron chi connectivity index (χ2n) is 4.50. The molecule has 0 aromatic carbocycles. The zero-order valence-electron chi connectivity index (χ0n) is 11.0. The van der Waals surface area contributed by atoms with Crippen LogP contribution in [0.4, 0.5) is 10.8 Å². The third-order valence-electron chi connectivity index (χ3n) is 3.04. The second kappa shape index (κ2) is 6.24. The van der Waals surface area contributed by atoms with Gasteiger partial charge in [-0.05, 0) is 37.7 Å². The smallest absolute Gasteiger partial charge is 0.197 e. The topological polar surface area (TPSA) is 60.6 Å². The number of hydrogen-bond acceptors (Lipinski definition) is 6. The molecule has 0 spiro atoms. The molecule has 0 aliphatic carbocycles. The quantitative estimate of drug-likeness (QED) is 0.889. The largest absolute Gasteiger partial charge is 0.487 e. The predicted molar refractivity (Wildman–Crippen MR) is 74.6 cm³/mol. The van der Waals surface area contributed by atoms with E-state index in [-0.39, 0.29) is 0 Å². The van der Waals surface area contributed by atoms with Crippen molar-refractivity contribution in [1.29, 1.82) is 0 Å². The summed E-state index contributed by atoms with van der Waals surface area (Å²) in [6, 6.07) is 0. The molecule has 102 valence electrons. The summed E-state index contributed by atoms with van der Waals surface area (Å²) < 4.78 is 15.5. The lowest BCUT2D eigenvalue weighted by Gasteiger charge is -2.28. The Labute approximate surface area is 112 Å².